The molecule has 0 aliphatic heterocycles. The maximum Gasteiger partial charge on any atom is 0.0571 e. The lowest BCUT2D eigenvalue weighted by Crippen LogP contribution is -2.24. The highest BCUT2D eigenvalue weighted by atomic mass is 79.9. The summed E-state index contributed by atoms with van der Waals surface area (Å²) >= 11 is 9.93. The van der Waals surface area contributed by atoms with E-state index in [0.29, 0.717) is 6.04 Å². The van der Waals surface area contributed by atoms with Crippen LogP contribution in [0, 0.1) is 12.3 Å². The Labute approximate surface area is 139 Å². The van der Waals surface area contributed by atoms with Crippen LogP contribution in [0.3, 0.4) is 0 Å². The highest BCUT2D eigenvalue weighted by Gasteiger charge is 2.38. The van der Waals surface area contributed by atoms with Crippen molar-refractivity contribution in [2.45, 2.75) is 33.2 Å². The number of hydrogen-bond donors (Lipinski definition) is 1. The second-order valence-corrected chi connectivity index (χ2v) is 7.78. The van der Waals surface area contributed by atoms with Gasteiger partial charge in [0, 0.05) is 9.50 Å². The summed E-state index contributed by atoms with van der Waals surface area (Å²) in [5.74, 6) is 0. The standard InChI is InChI=1S/C18H19BrClN/c1-11-8-14(19)16(9-15(11)20)21-17-13-7-5-4-6-12(13)10-18(17,2)3/h4-9,17,21H,10H2,1-3H3. The molecule has 1 aliphatic carbocycles. The van der Waals surface area contributed by atoms with Crippen LogP contribution in [0.5, 0.6) is 0 Å². The summed E-state index contributed by atoms with van der Waals surface area (Å²) < 4.78 is 1.06. The Morgan fingerprint density at radius 2 is 1.95 bits per heavy atom. The molecule has 0 heterocycles. The van der Waals surface area contributed by atoms with Crippen molar-refractivity contribution >= 4 is 33.2 Å². The molecule has 21 heavy (non-hydrogen) atoms. The van der Waals surface area contributed by atoms with Crippen molar-refractivity contribution in [2.75, 3.05) is 5.32 Å². The Balaban J connectivity index is 1.99. The molecule has 1 N–H and O–H groups in total. The molecule has 2 aromatic carbocycles. The zero-order valence-corrected chi connectivity index (χ0v) is 14.8. The predicted molar refractivity (Wildman–Crippen MR) is 94.2 cm³/mol. The molecule has 1 nitrogen and oxygen atoms in total. The average molecular weight is 365 g/mol. The van der Waals surface area contributed by atoms with Crippen molar-refractivity contribution in [1.82, 2.24) is 0 Å². The minimum atomic E-state index is 0.181. The van der Waals surface area contributed by atoms with Crippen LogP contribution in [0.15, 0.2) is 40.9 Å². The van der Waals surface area contributed by atoms with E-state index in [0.717, 1.165) is 27.2 Å². The summed E-state index contributed by atoms with van der Waals surface area (Å²) in [4.78, 5) is 0. The van der Waals surface area contributed by atoms with Crippen molar-refractivity contribution < 1.29 is 0 Å². The van der Waals surface area contributed by atoms with Crippen LogP contribution < -0.4 is 5.32 Å². The Morgan fingerprint density at radius 1 is 1.24 bits per heavy atom. The maximum atomic E-state index is 6.28. The number of aryl methyl sites for hydroxylation is 1. The first-order chi connectivity index (χ1) is 9.88. The number of nitrogens with one attached hydrogen (secondary N) is 1. The van der Waals surface area contributed by atoms with Gasteiger partial charge in [-0.25, -0.2) is 0 Å². The molecule has 0 aromatic heterocycles. The third-order valence-electron chi connectivity index (χ3n) is 4.34. The predicted octanol–water partition coefficient (Wildman–Crippen LogP) is 6.15. The summed E-state index contributed by atoms with van der Waals surface area (Å²) in [5.41, 5.74) is 5.15. The van der Waals surface area contributed by atoms with Crippen LogP contribution in [0.2, 0.25) is 5.02 Å². The number of hydrogen-bond acceptors (Lipinski definition) is 1. The molecule has 0 fully saturated rings. The summed E-state index contributed by atoms with van der Waals surface area (Å²) in [5, 5.41) is 4.49. The van der Waals surface area contributed by atoms with E-state index >= 15 is 0 Å². The largest absolute Gasteiger partial charge is 0.377 e. The van der Waals surface area contributed by atoms with Gasteiger partial charge in [0.1, 0.15) is 0 Å². The number of anilines is 1. The van der Waals surface area contributed by atoms with Gasteiger partial charge in [-0.2, -0.15) is 0 Å². The molecule has 0 spiro atoms. The van der Waals surface area contributed by atoms with E-state index in [1.54, 1.807) is 0 Å². The van der Waals surface area contributed by atoms with E-state index in [1.165, 1.54) is 11.1 Å². The van der Waals surface area contributed by atoms with Crippen LogP contribution in [-0.2, 0) is 6.42 Å². The van der Waals surface area contributed by atoms with Gasteiger partial charge in [0.25, 0.3) is 0 Å². The molecule has 3 heteroatoms. The Kier molecular flexibility index (Phi) is 3.79. The summed E-state index contributed by atoms with van der Waals surface area (Å²) in [7, 11) is 0. The van der Waals surface area contributed by atoms with Crippen molar-refractivity contribution in [3.8, 4) is 0 Å². The smallest absolute Gasteiger partial charge is 0.0571 e. The fraction of sp³-hybridized carbons (Fsp3) is 0.333. The minimum absolute atomic E-state index is 0.181. The summed E-state index contributed by atoms with van der Waals surface area (Å²) in [6.07, 6.45) is 1.10. The topological polar surface area (TPSA) is 12.0 Å². The normalized spacial score (nSPS) is 19.4. The first kappa shape index (κ1) is 14.9. The van der Waals surface area contributed by atoms with Crippen molar-refractivity contribution in [2.24, 2.45) is 5.41 Å². The minimum Gasteiger partial charge on any atom is -0.377 e. The van der Waals surface area contributed by atoms with Gasteiger partial charge in [-0.15, -0.1) is 0 Å². The number of halogens is 2. The van der Waals surface area contributed by atoms with E-state index in [9.17, 15) is 0 Å². The SMILES string of the molecule is Cc1cc(Br)c(NC2c3ccccc3CC2(C)C)cc1Cl. The number of rotatable bonds is 2. The molecule has 1 atom stereocenters. The average Bonchev–Trinajstić information content (AvgIpc) is 2.67. The van der Waals surface area contributed by atoms with Gasteiger partial charge in [-0.05, 0) is 63.5 Å². The zero-order valence-electron chi connectivity index (χ0n) is 12.5. The van der Waals surface area contributed by atoms with Crippen molar-refractivity contribution in [3.05, 3.63) is 62.6 Å². The van der Waals surface area contributed by atoms with Crippen molar-refractivity contribution in [3.63, 3.8) is 0 Å². The fourth-order valence-corrected chi connectivity index (χ4v) is 3.91. The first-order valence-corrected chi connectivity index (χ1v) is 8.35. The molecule has 110 valence electrons. The lowest BCUT2D eigenvalue weighted by atomic mass is 9.85. The van der Waals surface area contributed by atoms with Gasteiger partial charge in [0.05, 0.1) is 11.7 Å². The monoisotopic (exact) mass is 363 g/mol. The van der Waals surface area contributed by atoms with Gasteiger partial charge in [0.2, 0.25) is 0 Å². The first-order valence-electron chi connectivity index (χ1n) is 7.18. The molecular weight excluding hydrogens is 346 g/mol. The van der Waals surface area contributed by atoms with E-state index in [2.05, 4.69) is 65.4 Å². The van der Waals surface area contributed by atoms with Gasteiger partial charge >= 0.3 is 0 Å². The summed E-state index contributed by atoms with van der Waals surface area (Å²) in [6.45, 7) is 6.65. The lowest BCUT2D eigenvalue weighted by molar-refractivity contribution is 0.337. The molecule has 1 unspecified atom stereocenters. The van der Waals surface area contributed by atoms with Gasteiger partial charge in [-0.3, -0.25) is 0 Å². The molecule has 3 rings (SSSR count). The lowest BCUT2D eigenvalue weighted by Gasteiger charge is -2.30. The highest BCUT2D eigenvalue weighted by Crippen LogP contribution is 2.47. The summed E-state index contributed by atoms with van der Waals surface area (Å²) in [6, 6.07) is 13.1. The highest BCUT2D eigenvalue weighted by molar-refractivity contribution is 9.10. The van der Waals surface area contributed by atoms with Crippen LogP contribution >= 0.6 is 27.5 Å². The van der Waals surface area contributed by atoms with Crippen LogP contribution in [0.4, 0.5) is 5.69 Å². The quantitative estimate of drug-likeness (QED) is 0.674. The molecule has 0 bridgehead atoms. The molecular formula is C18H19BrClN. The van der Waals surface area contributed by atoms with E-state index in [1.807, 2.05) is 13.0 Å². The van der Waals surface area contributed by atoms with E-state index in [-0.39, 0.29) is 5.41 Å². The third kappa shape index (κ3) is 2.72. The number of fused-ring (bicyclic) bond motifs is 1. The van der Waals surface area contributed by atoms with E-state index in [4.69, 9.17) is 11.6 Å². The van der Waals surface area contributed by atoms with Gasteiger partial charge in [0.15, 0.2) is 0 Å². The van der Waals surface area contributed by atoms with Crippen LogP contribution in [0.1, 0.15) is 36.6 Å². The van der Waals surface area contributed by atoms with Crippen LogP contribution in [-0.4, -0.2) is 0 Å². The van der Waals surface area contributed by atoms with Crippen LogP contribution in [0.25, 0.3) is 0 Å². The molecule has 0 radical (unpaired) electrons. The molecule has 2 aromatic rings. The van der Waals surface area contributed by atoms with E-state index < -0.39 is 0 Å². The third-order valence-corrected chi connectivity index (χ3v) is 5.41. The number of benzene rings is 2. The molecule has 0 saturated heterocycles. The Bertz CT molecular complexity index is 694. The fourth-order valence-electron chi connectivity index (χ4n) is 3.18. The Morgan fingerprint density at radius 3 is 2.71 bits per heavy atom. The molecule has 1 aliphatic rings. The maximum absolute atomic E-state index is 6.28. The molecule has 0 amide bonds. The second kappa shape index (κ2) is 5.33. The molecule has 0 saturated carbocycles. The van der Waals surface area contributed by atoms with Crippen molar-refractivity contribution in [1.29, 1.82) is 0 Å². The zero-order chi connectivity index (χ0) is 15.2. The second-order valence-electron chi connectivity index (χ2n) is 6.52. The Hall–Kier alpha value is -0.990. The van der Waals surface area contributed by atoms with Gasteiger partial charge < -0.3 is 5.32 Å². The van der Waals surface area contributed by atoms with Gasteiger partial charge in [-0.1, -0.05) is 49.7 Å².